The lowest BCUT2D eigenvalue weighted by Crippen LogP contribution is -2.08. The van der Waals surface area contributed by atoms with E-state index in [1.165, 1.54) is 6.07 Å². The molecule has 0 aliphatic rings. The first-order valence-corrected chi connectivity index (χ1v) is 4.84. The highest BCUT2D eigenvalue weighted by Gasteiger charge is 1.99. The molecule has 0 saturated carbocycles. The smallest absolute Gasteiger partial charge is 0.251 e. The number of rotatable bonds is 3. The summed E-state index contributed by atoms with van der Waals surface area (Å²) < 4.78 is 5.41. The fraction of sp³-hybridized carbons (Fsp3) is 0.182. The van der Waals surface area contributed by atoms with E-state index < -0.39 is 0 Å². The maximum Gasteiger partial charge on any atom is 0.251 e. The SMILES string of the molecule is Cc1cc(OCc2ncccn2)cc(=O)[nH]1. The van der Waals surface area contributed by atoms with E-state index >= 15 is 0 Å². The molecule has 2 aromatic rings. The van der Waals surface area contributed by atoms with Gasteiger partial charge in [0.05, 0.1) is 0 Å². The van der Waals surface area contributed by atoms with E-state index in [9.17, 15) is 4.79 Å². The Labute approximate surface area is 92.2 Å². The third-order valence-electron chi connectivity index (χ3n) is 1.94. The predicted octanol–water partition coefficient (Wildman–Crippen LogP) is 1.05. The molecule has 0 radical (unpaired) electrons. The van der Waals surface area contributed by atoms with Crippen molar-refractivity contribution in [2.24, 2.45) is 0 Å². The quantitative estimate of drug-likeness (QED) is 0.834. The number of H-pyrrole nitrogens is 1. The van der Waals surface area contributed by atoms with Crippen LogP contribution in [0.4, 0.5) is 0 Å². The molecular formula is C11H11N3O2. The zero-order valence-corrected chi connectivity index (χ0v) is 8.80. The van der Waals surface area contributed by atoms with E-state index in [0.717, 1.165) is 5.69 Å². The monoisotopic (exact) mass is 217 g/mol. The van der Waals surface area contributed by atoms with E-state index in [-0.39, 0.29) is 12.2 Å². The van der Waals surface area contributed by atoms with Crippen LogP contribution in [0.1, 0.15) is 11.5 Å². The van der Waals surface area contributed by atoms with Crippen molar-refractivity contribution in [3.8, 4) is 5.75 Å². The minimum Gasteiger partial charge on any atom is -0.485 e. The molecule has 2 aromatic heterocycles. The Balaban J connectivity index is 2.08. The molecule has 1 N–H and O–H groups in total. The summed E-state index contributed by atoms with van der Waals surface area (Å²) in [5, 5.41) is 0. The number of aryl methyl sites for hydroxylation is 1. The van der Waals surface area contributed by atoms with Gasteiger partial charge in [-0.2, -0.15) is 0 Å². The fourth-order valence-corrected chi connectivity index (χ4v) is 1.29. The summed E-state index contributed by atoms with van der Waals surface area (Å²) in [7, 11) is 0. The number of pyridine rings is 1. The zero-order chi connectivity index (χ0) is 11.4. The van der Waals surface area contributed by atoms with Crippen LogP contribution in [-0.2, 0) is 6.61 Å². The summed E-state index contributed by atoms with van der Waals surface area (Å²) in [6, 6.07) is 4.89. The van der Waals surface area contributed by atoms with Gasteiger partial charge < -0.3 is 9.72 Å². The van der Waals surface area contributed by atoms with Crippen LogP contribution < -0.4 is 10.3 Å². The Morgan fingerprint density at radius 3 is 2.75 bits per heavy atom. The highest BCUT2D eigenvalue weighted by molar-refractivity contribution is 5.21. The van der Waals surface area contributed by atoms with Gasteiger partial charge in [-0.1, -0.05) is 0 Å². The summed E-state index contributed by atoms with van der Waals surface area (Å²) >= 11 is 0. The highest BCUT2D eigenvalue weighted by Crippen LogP contribution is 2.08. The molecule has 0 spiro atoms. The van der Waals surface area contributed by atoms with E-state index in [1.807, 2.05) is 0 Å². The molecule has 16 heavy (non-hydrogen) atoms. The van der Waals surface area contributed by atoms with Crippen LogP contribution in [0.2, 0.25) is 0 Å². The topological polar surface area (TPSA) is 67.9 Å². The van der Waals surface area contributed by atoms with Crippen LogP contribution in [0, 0.1) is 6.92 Å². The number of nitrogens with one attached hydrogen (secondary N) is 1. The molecule has 0 fully saturated rings. The molecular weight excluding hydrogens is 206 g/mol. The van der Waals surface area contributed by atoms with Crippen molar-refractivity contribution in [2.45, 2.75) is 13.5 Å². The van der Waals surface area contributed by atoms with Crippen molar-refractivity contribution < 1.29 is 4.74 Å². The van der Waals surface area contributed by atoms with Crippen molar-refractivity contribution in [3.05, 3.63) is 52.5 Å². The molecule has 0 bridgehead atoms. The Morgan fingerprint density at radius 1 is 1.31 bits per heavy atom. The van der Waals surface area contributed by atoms with Gasteiger partial charge in [-0.3, -0.25) is 4.79 Å². The summed E-state index contributed by atoms with van der Waals surface area (Å²) in [5.41, 5.74) is 0.584. The van der Waals surface area contributed by atoms with Gasteiger partial charge in [0.2, 0.25) is 0 Å². The minimum absolute atomic E-state index is 0.177. The molecule has 0 unspecified atom stereocenters. The Hall–Kier alpha value is -2.17. The molecule has 0 amide bonds. The van der Waals surface area contributed by atoms with E-state index in [1.54, 1.807) is 31.5 Å². The third-order valence-corrected chi connectivity index (χ3v) is 1.94. The normalized spacial score (nSPS) is 10.1. The summed E-state index contributed by atoms with van der Waals surface area (Å²) in [4.78, 5) is 21.8. The van der Waals surface area contributed by atoms with Gasteiger partial charge in [0.25, 0.3) is 5.56 Å². The number of nitrogens with zero attached hydrogens (tertiary/aromatic N) is 2. The van der Waals surface area contributed by atoms with Gasteiger partial charge in [0.15, 0.2) is 5.82 Å². The first kappa shape index (κ1) is 10.4. The maximum atomic E-state index is 11.2. The van der Waals surface area contributed by atoms with Gasteiger partial charge in [0, 0.05) is 24.2 Å². The molecule has 0 aliphatic carbocycles. The zero-order valence-electron chi connectivity index (χ0n) is 8.80. The van der Waals surface area contributed by atoms with Gasteiger partial charge in [-0.25, -0.2) is 9.97 Å². The largest absolute Gasteiger partial charge is 0.485 e. The van der Waals surface area contributed by atoms with Crippen LogP contribution in [0.5, 0.6) is 5.75 Å². The molecule has 2 rings (SSSR count). The van der Waals surface area contributed by atoms with Crippen molar-refractivity contribution in [2.75, 3.05) is 0 Å². The summed E-state index contributed by atoms with van der Waals surface area (Å²) in [6.45, 7) is 2.05. The van der Waals surface area contributed by atoms with Crippen LogP contribution in [0.15, 0.2) is 35.4 Å². The molecule has 0 atom stereocenters. The second kappa shape index (κ2) is 4.57. The van der Waals surface area contributed by atoms with Gasteiger partial charge >= 0.3 is 0 Å². The second-order valence-electron chi connectivity index (χ2n) is 3.32. The standard InChI is InChI=1S/C11H11N3O2/c1-8-5-9(6-11(15)14-8)16-7-10-12-3-2-4-13-10/h2-6H,7H2,1H3,(H,14,15). The van der Waals surface area contributed by atoms with E-state index in [0.29, 0.717) is 11.6 Å². The molecule has 82 valence electrons. The van der Waals surface area contributed by atoms with Crippen LogP contribution in [0.3, 0.4) is 0 Å². The van der Waals surface area contributed by atoms with Crippen molar-refractivity contribution in [3.63, 3.8) is 0 Å². The first-order chi connectivity index (χ1) is 7.74. The molecule has 5 nitrogen and oxygen atoms in total. The van der Waals surface area contributed by atoms with Crippen molar-refractivity contribution in [1.82, 2.24) is 15.0 Å². The van der Waals surface area contributed by atoms with Crippen molar-refractivity contribution >= 4 is 0 Å². The average molecular weight is 217 g/mol. The van der Waals surface area contributed by atoms with Crippen LogP contribution in [-0.4, -0.2) is 15.0 Å². The number of hydrogen-bond donors (Lipinski definition) is 1. The number of aromatic amines is 1. The average Bonchev–Trinajstić information content (AvgIpc) is 2.27. The summed E-state index contributed by atoms with van der Waals surface area (Å²) in [6.07, 6.45) is 3.30. The second-order valence-corrected chi connectivity index (χ2v) is 3.32. The lowest BCUT2D eigenvalue weighted by atomic mass is 10.3. The third kappa shape index (κ3) is 2.66. The number of hydrogen-bond acceptors (Lipinski definition) is 4. The molecule has 2 heterocycles. The molecule has 0 aliphatic heterocycles. The molecule has 0 saturated heterocycles. The van der Waals surface area contributed by atoms with Gasteiger partial charge in [-0.05, 0) is 19.1 Å². The number of aromatic nitrogens is 3. The number of ether oxygens (including phenoxy) is 1. The predicted molar refractivity (Wildman–Crippen MR) is 58.2 cm³/mol. The van der Waals surface area contributed by atoms with Crippen LogP contribution in [0.25, 0.3) is 0 Å². The van der Waals surface area contributed by atoms with Crippen molar-refractivity contribution in [1.29, 1.82) is 0 Å². The Bertz CT molecular complexity index is 522. The lowest BCUT2D eigenvalue weighted by molar-refractivity contribution is 0.295. The maximum absolute atomic E-state index is 11.2. The van der Waals surface area contributed by atoms with Gasteiger partial charge in [0.1, 0.15) is 12.4 Å². The highest BCUT2D eigenvalue weighted by atomic mass is 16.5. The fourth-order valence-electron chi connectivity index (χ4n) is 1.29. The van der Waals surface area contributed by atoms with E-state index in [4.69, 9.17) is 4.74 Å². The summed E-state index contributed by atoms with van der Waals surface area (Å²) in [5.74, 6) is 1.11. The molecule has 0 aromatic carbocycles. The Kier molecular flexibility index (Phi) is 2.95. The first-order valence-electron chi connectivity index (χ1n) is 4.84. The minimum atomic E-state index is -0.177. The van der Waals surface area contributed by atoms with Crippen LogP contribution >= 0.6 is 0 Å². The van der Waals surface area contributed by atoms with Gasteiger partial charge in [-0.15, -0.1) is 0 Å². The lowest BCUT2D eigenvalue weighted by Gasteiger charge is -2.04. The Morgan fingerprint density at radius 2 is 2.06 bits per heavy atom. The molecule has 5 heteroatoms. The van der Waals surface area contributed by atoms with E-state index in [2.05, 4.69) is 15.0 Å².